The molecule has 1 rings (SSSR count). The second kappa shape index (κ2) is 4.75. The van der Waals surface area contributed by atoms with Crippen LogP contribution in [0.15, 0.2) is 24.3 Å². The minimum atomic E-state index is 1.12. The molecule has 0 atom stereocenters. The van der Waals surface area contributed by atoms with Crippen molar-refractivity contribution in [2.75, 3.05) is 0 Å². The molecule has 0 bridgehead atoms. The fourth-order valence-corrected chi connectivity index (χ4v) is 1.59. The molecule has 0 radical (unpaired) electrons. The van der Waals surface area contributed by atoms with E-state index in [2.05, 4.69) is 53.8 Å². The molecule has 1 aromatic carbocycles. The highest BCUT2D eigenvalue weighted by Gasteiger charge is 1.91. The predicted octanol–water partition coefficient (Wildman–Crippen LogP) is 3.57. The molecule has 0 aromatic heterocycles. The smallest absolute Gasteiger partial charge is 0.0247 e. The monoisotopic (exact) mass is 260 g/mol. The fourth-order valence-electron chi connectivity index (χ4n) is 1.08. The van der Waals surface area contributed by atoms with Crippen LogP contribution in [-0.2, 0) is 10.8 Å². The average Bonchev–Trinajstić information content (AvgIpc) is 2.07. The van der Waals surface area contributed by atoms with Crippen LogP contribution in [0.4, 0.5) is 0 Å². The van der Waals surface area contributed by atoms with Crippen LogP contribution in [0.1, 0.15) is 24.5 Å². The van der Waals surface area contributed by atoms with Crippen molar-refractivity contribution in [3.63, 3.8) is 0 Å². The molecule has 0 saturated heterocycles. The maximum Gasteiger partial charge on any atom is 0.0247 e. The number of rotatable bonds is 3. The number of hydrogen-bond donors (Lipinski definition) is 0. The quantitative estimate of drug-likeness (QED) is 0.575. The third-order valence-electron chi connectivity index (χ3n) is 1.72. The van der Waals surface area contributed by atoms with Crippen LogP contribution in [0, 0.1) is 0 Å². The summed E-state index contributed by atoms with van der Waals surface area (Å²) in [4.78, 5) is 0. The largest absolute Gasteiger partial charge is 0.0812 e. The molecular weight excluding hydrogens is 247 g/mol. The van der Waals surface area contributed by atoms with Gasteiger partial charge in [0.15, 0.2) is 0 Å². The summed E-state index contributed by atoms with van der Waals surface area (Å²) in [6.07, 6.45) is 2.45. The molecule has 0 aliphatic rings. The topological polar surface area (TPSA) is 0 Å². The zero-order valence-electron chi connectivity index (χ0n) is 6.81. The van der Waals surface area contributed by atoms with Crippen LogP contribution in [0.2, 0.25) is 0 Å². The minimum absolute atomic E-state index is 1.12. The zero-order chi connectivity index (χ0) is 8.10. The molecule has 1 heteroatoms. The Hall–Kier alpha value is -0.0500. The Kier molecular flexibility index (Phi) is 3.91. The van der Waals surface area contributed by atoms with Gasteiger partial charge in [0.1, 0.15) is 0 Å². The molecule has 0 amide bonds. The molecule has 0 N–H and O–H groups in total. The normalized spacial score (nSPS) is 10.0. The maximum atomic E-state index is 2.39. The van der Waals surface area contributed by atoms with E-state index in [9.17, 15) is 0 Å². The molecule has 0 aliphatic heterocycles. The van der Waals surface area contributed by atoms with Crippen molar-refractivity contribution < 1.29 is 0 Å². The zero-order valence-corrected chi connectivity index (χ0v) is 8.97. The minimum Gasteiger partial charge on any atom is -0.0812 e. The van der Waals surface area contributed by atoms with E-state index >= 15 is 0 Å². The average molecular weight is 260 g/mol. The fraction of sp³-hybridized carbons (Fsp3) is 0.400. The predicted molar refractivity (Wildman–Crippen MR) is 58.2 cm³/mol. The van der Waals surface area contributed by atoms with Gasteiger partial charge in [-0.15, -0.1) is 0 Å². The van der Waals surface area contributed by atoms with Crippen molar-refractivity contribution in [3.8, 4) is 0 Å². The lowest BCUT2D eigenvalue weighted by Crippen LogP contribution is -1.83. The third-order valence-corrected chi connectivity index (χ3v) is 2.60. The highest BCUT2D eigenvalue weighted by molar-refractivity contribution is 14.1. The van der Waals surface area contributed by atoms with Crippen LogP contribution in [0.3, 0.4) is 0 Å². The highest BCUT2D eigenvalue weighted by Crippen LogP contribution is 2.09. The first-order chi connectivity index (χ1) is 5.36. The number of halogens is 1. The Morgan fingerprint density at radius 2 is 1.64 bits per heavy atom. The maximum absolute atomic E-state index is 2.39. The summed E-state index contributed by atoms with van der Waals surface area (Å²) in [6.45, 7) is 2.21. The molecule has 0 unspecified atom stereocenters. The summed E-state index contributed by atoms with van der Waals surface area (Å²) in [7, 11) is 0. The Balaban J connectivity index is 2.66. The van der Waals surface area contributed by atoms with Gasteiger partial charge in [0.2, 0.25) is 0 Å². The molecule has 0 fully saturated rings. The van der Waals surface area contributed by atoms with E-state index in [1.54, 1.807) is 0 Å². The lowest BCUT2D eigenvalue weighted by atomic mass is 10.1. The number of alkyl halides is 1. The van der Waals surface area contributed by atoms with Crippen molar-refractivity contribution in [3.05, 3.63) is 35.4 Å². The molecule has 0 aliphatic carbocycles. The van der Waals surface area contributed by atoms with Gasteiger partial charge in [-0.2, -0.15) is 0 Å². The molecule has 1 aromatic rings. The molecule has 0 nitrogen and oxygen atoms in total. The van der Waals surface area contributed by atoms with E-state index in [0.717, 1.165) is 4.43 Å². The van der Waals surface area contributed by atoms with Crippen LogP contribution in [-0.4, -0.2) is 0 Å². The first-order valence-electron chi connectivity index (χ1n) is 4.00. The first kappa shape index (κ1) is 9.04. The second-order valence-corrected chi connectivity index (χ2v) is 3.46. The number of aryl methyl sites for hydroxylation is 1. The van der Waals surface area contributed by atoms with Crippen LogP contribution in [0.25, 0.3) is 0 Å². The molecular formula is C10H13I. The van der Waals surface area contributed by atoms with Gasteiger partial charge in [-0.05, 0) is 17.5 Å². The van der Waals surface area contributed by atoms with E-state index in [0.29, 0.717) is 0 Å². The number of hydrogen-bond acceptors (Lipinski definition) is 0. The van der Waals surface area contributed by atoms with E-state index in [1.165, 1.54) is 24.0 Å². The SMILES string of the molecule is CCCc1ccc(CI)cc1. The first-order valence-corrected chi connectivity index (χ1v) is 5.53. The van der Waals surface area contributed by atoms with Gasteiger partial charge in [-0.3, -0.25) is 0 Å². The summed E-state index contributed by atoms with van der Waals surface area (Å²) in [5, 5.41) is 0. The Morgan fingerprint density at radius 1 is 1.09 bits per heavy atom. The van der Waals surface area contributed by atoms with Crippen molar-refractivity contribution in [1.29, 1.82) is 0 Å². The Morgan fingerprint density at radius 3 is 2.09 bits per heavy atom. The van der Waals surface area contributed by atoms with Gasteiger partial charge >= 0.3 is 0 Å². The summed E-state index contributed by atoms with van der Waals surface area (Å²) in [5.41, 5.74) is 2.88. The highest BCUT2D eigenvalue weighted by atomic mass is 127. The number of benzene rings is 1. The van der Waals surface area contributed by atoms with Gasteiger partial charge in [0.05, 0.1) is 0 Å². The van der Waals surface area contributed by atoms with Crippen molar-refractivity contribution in [1.82, 2.24) is 0 Å². The van der Waals surface area contributed by atoms with E-state index in [-0.39, 0.29) is 0 Å². The Labute approximate surface area is 82.2 Å². The van der Waals surface area contributed by atoms with Crippen LogP contribution in [0.5, 0.6) is 0 Å². The van der Waals surface area contributed by atoms with E-state index in [1.807, 2.05) is 0 Å². The van der Waals surface area contributed by atoms with Gasteiger partial charge < -0.3 is 0 Å². The van der Waals surface area contributed by atoms with E-state index < -0.39 is 0 Å². The standard InChI is InChI=1S/C10H13I/c1-2-3-9-4-6-10(8-11)7-5-9/h4-7H,2-3,8H2,1H3. The Bertz CT molecular complexity index is 201. The lowest BCUT2D eigenvalue weighted by Gasteiger charge is -1.98. The van der Waals surface area contributed by atoms with Gasteiger partial charge in [0.25, 0.3) is 0 Å². The van der Waals surface area contributed by atoms with Gasteiger partial charge in [-0.1, -0.05) is 60.2 Å². The van der Waals surface area contributed by atoms with Crippen molar-refractivity contribution in [2.24, 2.45) is 0 Å². The molecule has 0 heterocycles. The van der Waals surface area contributed by atoms with Crippen molar-refractivity contribution >= 4 is 22.6 Å². The van der Waals surface area contributed by atoms with Gasteiger partial charge in [0, 0.05) is 4.43 Å². The van der Waals surface area contributed by atoms with Crippen LogP contribution >= 0.6 is 22.6 Å². The molecule has 0 saturated carbocycles. The summed E-state index contributed by atoms with van der Waals surface area (Å²) in [5.74, 6) is 0. The summed E-state index contributed by atoms with van der Waals surface area (Å²) in [6, 6.07) is 8.91. The summed E-state index contributed by atoms with van der Waals surface area (Å²) < 4.78 is 1.12. The van der Waals surface area contributed by atoms with E-state index in [4.69, 9.17) is 0 Å². The van der Waals surface area contributed by atoms with Crippen molar-refractivity contribution in [2.45, 2.75) is 24.2 Å². The van der Waals surface area contributed by atoms with Gasteiger partial charge in [-0.25, -0.2) is 0 Å². The molecule has 0 spiro atoms. The third kappa shape index (κ3) is 2.81. The lowest BCUT2D eigenvalue weighted by molar-refractivity contribution is 0.921. The molecule has 60 valence electrons. The van der Waals surface area contributed by atoms with Crippen LogP contribution < -0.4 is 0 Å². The summed E-state index contributed by atoms with van der Waals surface area (Å²) >= 11 is 2.39. The second-order valence-electron chi connectivity index (χ2n) is 2.70. The molecule has 11 heavy (non-hydrogen) atoms.